The molecule has 0 amide bonds. The molecule has 21 heavy (non-hydrogen) atoms. The summed E-state index contributed by atoms with van der Waals surface area (Å²) in [5, 5.41) is 9.42. The highest BCUT2D eigenvalue weighted by Gasteiger charge is 2.37. The van der Waals surface area contributed by atoms with Gasteiger partial charge < -0.3 is 5.11 Å². The molecule has 0 aromatic heterocycles. The average Bonchev–Trinajstić information content (AvgIpc) is 2.40. The SMILES string of the molecule is CC1CCC(O)C(S(=O)(=O)c2ccc(C(C)(C)C)cc2)C1. The van der Waals surface area contributed by atoms with E-state index in [2.05, 4.69) is 27.7 Å². The Bertz CT molecular complexity index is 581. The summed E-state index contributed by atoms with van der Waals surface area (Å²) in [5.41, 5.74) is 1.11. The van der Waals surface area contributed by atoms with Crippen LogP contribution in [0.3, 0.4) is 0 Å². The summed E-state index contributed by atoms with van der Waals surface area (Å²) in [6.07, 6.45) is 1.28. The summed E-state index contributed by atoms with van der Waals surface area (Å²) in [6, 6.07) is 7.13. The van der Waals surface area contributed by atoms with Crippen LogP contribution in [-0.2, 0) is 15.3 Å². The van der Waals surface area contributed by atoms with Gasteiger partial charge in [-0.1, -0.05) is 39.8 Å². The third-order valence-corrected chi connectivity index (χ3v) is 6.70. The molecule has 1 saturated carbocycles. The van der Waals surface area contributed by atoms with E-state index in [0.717, 1.165) is 12.0 Å². The highest BCUT2D eigenvalue weighted by Crippen LogP contribution is 2.33. The first-order chi connectivity index (χ1) is 9.62. The van der Waals surface area contributed by atoms with E-state index in [9.17, 15) is 13.5 Å². The summed E-state index contributed by atoms with van der Waals surface area (Å²) in [6.45, 7) is 8.35. The summed E-state index contributed by atoms with van der Waals surface area (Å²) in [4.78, 5) is 0.327. The molecule has 1 aliphatic rings. The van der Waals surface area contributed by atoms with E-state index in [0.29, 0.717) is 23.7 Å². The fourth-order valence-corrected chi connectivity index (χ4v) is 4.96. The highest BCUT2D eigenvalue weighted by molar-refractivity contribution is 7.92. The van der Waals surface area contributed by atoms with Crippen LogP contribution in [0.5, 0.6) is 0 Å². The Morgan fingerprint density at radius 1 is 1.10 bits per heavy atom. The van der Waals surface area contributed by atoms with Crippen LogP contribution in [-0.4, -0.2) is 24.9 Å². The van der Waals surface area contributed by atoms with Crippen LogP contribution in [0.4, 0.5) is 0 Å². The predicted octanol–water partition coefficient (Wildman–Crippen LogP) is 3.31. The summed E-state index contributed by atoms with van der Waals surface area (Å²) >= 11 is 0. The number of benzene rings is 1. The van der Waals surface area contributed by atoms with Gasteiger partial charge in [-0.25, -0.2) is 8.42 Å². The van der Waals surface area contributed by atoms with Crippen LogP contribution in [0.25, 0.3) is 0 Å². The first kappa shape index (κ1) is 16.5. The maximum Gasteiger partial charge on any atom is 0.183 e. The van der Waals surface area contributed by atoms with Gasteiger partial charge in [-0.15, -0.1) is 0 Å². The van der Waals surface area contributed by atoms with E-state index in [-0.39, 0.29) is 5.41 Å². The van der Waals surface area contributed by atoms with Crippen LogP contribution in [0.1, 0.15) is 52.5 Å². The molecule has 1 aromatic rings. The Kier molecular flexibility index (Phi) is 4.50. The van der Waals surface area contributed by atoms with Crippen LogP contribution >= 0.6 is 0 Å². The molecule has 118 valence electrons. The third-order valence-electron chi connectivity index (χ3n) is 4.47. The van der Waals surface area contributed by atoms with E-state index in [1.807, 2.05) is 12.1 Å². The normalized spacial score (nSPS) is 27.6. The number of hydrogen-bond acceptors (Lipinski definition) is 3. The van der Waals surface area contributed by atoms with Gasteiger partial charge in [0.2, 0.25) is 0 Å². The Hall–Kier alpha value is -0.870. The second-order valence-electron chi connectivity index (χ2n) is 7.34. The molecule has 1 N–H and O–H groups in total. The van der Waals surface area contributed by atoms with Crippen LogP contribution in [0.15, 0.2) is 29.2 Å². The molecular formula is C17H26O3S. The zero-order valence-corrected chi connectivity index (χ0v) is 14.2. The van der Waals surface area contributed by atoms with Crippen molar-refractivity contribution in [3.63, 3.8) is 0 Å². The van der Waals surface area contributed by atoms with E-state index in [4.69, 9.17) is 0 Å². The second kappa shape index (κ2) is 5.73. The van der Waals surface area contributed by atoms with Crippen molar-refractivity contribution in [1.29, 1.82) is 0 Å². The smallest absolute Gasteiger partial charge is 0.183 e. The van der Waals surface area contributed by atoms with Crippen molar-refractivity contribution in [1.82, 2.24) is 0 Å². The van der Waals surface area contributed by atoms with Crippen LogP contribution < -0.4 is 0 Å². The quantitative estimate of drug-likeness (QED) is 0.912. The fourth-order valence-electron chi connectivity index (χ4n) is 2.97. The van der Waals surface area contributed by atoms with E-state index < -0.39 is 21.2 Å². The number of hydrogen-bond donors (Lipinski definition) is 1. The van der Waals surface area contributed by atoms with E-state index in [1.54, 1.807) is 12.1 Å². The zero-order chi connectivity index (χ0) is 15.8. The first-order valence-electron chi connectivity index (χ1n) is 7.65. The van der Waals surface area contributed by atoms with Gasteiger partial charge in [0.25, 0.3) is 0 Å². The second-order valence-corrected chi connectivity index (χ2v) is 9.51. The molecule has 1 fully saturated rings. The molecule has 1 aliphatic carbocycles. The highest BCUT2D eigenvalue weighted by atomic mass is 32.2. The standard InChI is InChI=1S/C17H26O3S/c1-12-5-10-15(18)16(11-12)21(19,20)14-8-6-13(7-9-14)17(2,3)4/h6-9,12,15-16,18H,5,10-11H2,1-4H3. The van der Waals surface area contributed by atoms with E-state index >= 15 is 0 Å². The van der Waals surface area contributed by atoms with Gasteiger partial charge in [0, 0.05) is 0 Å². The minimum Gasteiger partial charge on any atom is -0.392 e. The fraction of sp³-hybridized carbons (Fsp3) is 0.647. The van der Waals surface area contributed by atoms with Crippen molar-refractivity contribution in [2.45, 2.75) is 68.6 Å². The van der Waals surface area contributed by atoms with Crippen LogP contribution in [0, 0.1) is 5.92 Å². The van der Waals surface area contributed by atoms with Crippen molar-refractivity contribution >= 4 is 9.84 Å². The van der Waals surface area contributed by atoms with Crippen LogP contribution in [0.2, 0.25) is 0 Å². The van der Waals surface area contributed by atoms with Crippen molar-refractivity contribution in [3.8, 4) is 0 Å². The minimum absolute atomic E-state index is 0.00115. The Morgan fingerprint density at radius 3 is 2.19 bits per heavy atom. The van der Waals surface area contributed by atoms with Gasteiger partial charge in [0.05, 0.1) is 16.2 Å². The lowest BCUT2D eigenvalue weighted by Gasteiger charge is -2.31. The van der Waals surface area contributed by atoms with Gasteiger partial charge >= 0.3 is 0 Å². The van der Waals surface area contributed by atoms with Crippen molar-refractivity contribution < 1.29 is 13.5 Å². The molecule has 0 saturated heterocycles. The topological polar surface area (TPSA) is 54.4 Å². The molecule has 0 radical (unpaired) electrons. The Labute approximate surface area is 128 Å². The lowest BCUT2D eigenvalue weighted by Crippen LogP contribution is -2.39. The van der Waals surface area contributed by atoms with Crippen molar-refractivity contribution in [2.75, 3.05) is 0 Å². The molecule has 3 unspecified atom stereocenters. The number of aliphatic hydroxyl groups excluding tert-OH is 1. The number of aliphatic hydroxyl groups is 1. The van der Waals surface area contributed by atoms with Gasteiger partial charge in [-0.3, -0.25) is 0 Å². The van der Waals surface area contributed by atoms with Crippen molar-refractivity contribution in [2.24, 2.45) is 5.92 Å². The first-order valence-corrected chi connectivity index (χ1v) is 9.19. The molecule has 0 aliphatic heterocycles. The Morgan fingerprint density at radius 2 is 1.67 bits per heavy atom. The molecule has 0 bridgehead atoms. The predicted molar refractivity (Wildman–Crippen MR) is 85.1 cm³/mol. The molecule has 3 atom stereocenters. The number of sulfone groups is 1. The largest absolute Gasteiger partial charge is 0.392 e. The minimum atomic E-state index is -3.46. The van der Waals surface area contributed by atoms with Gasteiger partial charge in [-0.2, -0.15) is 0 Å². The monoisotopic (exact) mass is 310 g/mol. The molecule has 1 aromatic carbocycles. The zero-order valence-electron chi connectivity index (χ0n) is 13.3. The summed E-state index contributed by atoms with van der Waals surface area (Å²) in [7, 11) is -3.46. The maximum absolute atomic E-state index is 12.7. The Balaban J connectivity index is 2.31. The van der Waals surface area contributed by atoms with Crippen molar-refractivity contribution in [3.05, 3.63) is 29.8 Å². The molecule has 0 heterocycles. The third kappa shape index (κ3) is 3.49. The molecule has 0 spiro atoms. The number of rotatable bonds is 2. The molecule has 4 heteroatoms. The molecule has 3 nitrogen and oxygen atoms in total. The van der Waals surface area contributed by atoms with Gasteiger partial charge in [0.1, 0.15) is 0 Å². The summed E-state index contributed by atoms with van der Waals surface area (Å²) in [5.74, 6) is 0.349. The average molecular weight is 310 g/mol. The van der Waals surface area contributed by atoms with E-state index in [1.165, 1.54) is 0 Å². The lowest BCUT2D eigenvalue weighted by molar-refractivity contribution is 0.116. The maximum atomic E-state index is 12.7. The summed E-state index contributed by atoms with van der Waals surface area (Å²) < 4.78 is 25.5. The molecular weight excluding hydrogens is 284 g/mol. The van der Waals surface area contributed by atoms with Gasteiger partial charge in [-0.05, 0) is 48.3 Å². The lowest BCUT2D eigenvalue weighted by atomic mass is 9.87. The molecule has 2 rings (SSSR count). The van der Waals surface area contributed by atoms with Gasteiger partial charge in [0.15, 0.2) is 9.84 Å².